The lowest BCUT2D eigenvalue weighted by Crippen LogP contribution is -2.55. The Hall–Kier alpha value is -2.88. The van der Waals surface area contributed by atoms with Gasteiger partial charge < -0.3 is 14.4 Å². The van der Waals surface area contributed by atoms with Gasteiger partial charge in [0.25, 0.3) is 5.69 Å². The Bertz CT molecular complexity index is 837. The number of carbonyl (C=O) groups excluding carboxylic acids is 3. The zero-order chi connectivity index (χ0) is 20.3. The highest BCUT2D eigenvalue weighted by Gasteiger charge is 2.50. The topological polar surface area (TPSA) is 116 Å². The van der Waals surface area contributed by atoms with Gasteiger partial charge >= 0.3 is 11.9 Å². The van der Waals surface area contributed by atoms with Crippen molar-refractivity contribution in [3.8, 4) is 0 Å². The van der Waals surface area contributed by atoms with Crippen LogP contribution in [0.3, 0.4) is 0 Å². The van der Waals surface area contributed by atoms with Crippen LogP contribution in [-0.4, -0.2) is 52.1 Å². The van der Waals surface area contributed by atoms with E-state index in [0.29, 0.717) is 22.6 Å². The molecule has 0 radical (unpaired) electrons. The minimum Gasteiger partial charge on any atom is -0.465 e. The lowest BCUT2D eigenvalue weighted by molar-refractivity contribution is -0.384. The molecule has 0 aromatic heterocycles. The molecular formula is C18H18N2O7S. The first-order valence-electron chi connectivity index (χ1n) is 8.56. The van der Waals surface area contributed by atoms with Gasteiger partial charge in [-0.25, -0.2) is 4.79 Å². The maximum absolute atomic E-state index is 12.6. The number of esters is 2. The number of nitrogens with zero attached hydrogens (tertiary/aromatic N) is 2. The van der Waals surface area contributed by atoms with Crippen molar-refractivity contribution in [3.05, 3.63) is 50.9 Å². The molecule has 3 rings (SSSR count). The van der Waals surface area contributed by atoms with Gasteiger partial charge in [-0.1, -0.05) is 0 Å². The summed E-state index contributed by atoms with van der Waals surface area (Å²) in [6.45, 7) is 1.48. The molecule has 2 aliphatic heterocycles. The maximum Gasteiger partial charge on any atom is 0.334 e. The number of thioether (sulfide) groups is 1. The van der Waals surface area contributed by atoms with Gasteiger partial charge in [-0.3, -0.25) is 19.7 Å². The van der Waals surface area contributed by atoms with E-state index in [1.54, 1.807) is 0 Å². The standard InChI is InChI=1S/C18H18N2O7S/c1-11(21)26-6-7-28-15-8-14-9-16(22)19(14)17(15)18(23)27-10-12-2-4-13(5-3-12)20(24)25/h2-5,8,14,17H,6-7,9-10H2,1H3/t14?,17-/m1/s1. The van der Waals surface area contributed by atoms with Crippen LogP contribution in [0.1, 0.15) is 18.9 Å². The quantitative estimate of drug-likeness (QED) is 0.211. The number of amides is 1. The first-order chi connectivity index (χ1) is 13.4. The maximum atomic E-state index is 12.6. The van der Waals surface area contributed by atoms with Crippen LogP contribution in [0, 0.1) is 10.1 Å². The molecule has 0 N–H and O–H groups in total. The first-order valence-corrected chi connectivity index (χ1v) is 9.54. The summed E-state index contributed by atoms with van der Waals surface area (Å²) in [5.74, 6) is -0.583. The molecule has 2 aliphatic rings. The van der Waals surface area contributed by atoms with Gasteiger partial charge in [0, 0.05) is 29.7 Å². The average Bonchev–Trinajstić information content (AvgIpc) is 2.95. The fourth-order valence-corrected chi connectivity index (χ4v) is 4.02. The summed E-state index contributed by atoms with van der Waals surface area (Å²) in [6.07, 6.45) is 2.23. The smallest absolute Gasteiger partial charge is 0.334 e. The SMILES string of the molecule is CC(=O)OCCSC1=CC2CC(=O)N2[C@H]1C(=O)OCc1ccc([N+](=O)[O-])cc1. The predicted molar refractivity (Wildman–Crippen MR) is 99.1 cm³/mol. The third kappa shape index (κ3) is 4.33. The summed E-state index contributed by atoms with van der Waals surface area (Å²) in [4.78, 5) is 47.7. The first kappa shape index (κ1) is 19.9. The van der Waals surface area contributed by atoms with E-state index in [0.717, 1.165) is 0 Å². The van der Waals surface area contributed by atoms with Crippen molar-refractivity contribution in [2.75, 3.05) is 12.4 Å². The highest BCUT2D eigenvalue weighted by Crippen LogP contribution is 2.39. The molecule has 1 aromatic carbocycles. The zero-order valence-corrected chi connectivity index (χ0v) is 15.8. The fourth-order valence-electron chi connectivity index (χ4n) is 3.00. The molecule has 1 aromatic rings. The molecule has 1 unspecified atom stereocenters. The normalized spacial score (nSPS) is 20.1. The van der Waals surface area contributed by atoms with E-state index in [2.05, 4.69) is 0 Å². The Morgan fingerprint density at radius 2 is 2.00 bits per heavy atom. The molecule has 1 saturated heterocycles. The van der Waals surface area contributed by atoms with Crippen molar-refractivity contribution in [3.63, 3.8) is 0 Å². The van der Waals surface area contributed by atoms with Gasteiger partial charge in [0.1, 0.15) is 13.2 Å². The van der Waals surface area contributed by atoms with Crippen LogP contribution < -0.4 is 0 Å². The number of benzene rings is 1. The molecule has 2 atom stereocenters. The van der Waals surface area contributed by atoms with Gasteiger partial charge in [-0.2, -0.15) is 0 Å². The number of rotatable bonds is 8. The van der Waals surface area contributed by atoms with Crippen molar-refractivity contribution in [2.24, 2.45) is 0 Å². The lowest BCUT2D eigenvalue weighted by atomic mass is 10.0. The molecule has 28 heavy (non-hydrogen) atoms. The van der Waals surface area contributed by atoms with Gasteiger partial charge in [0.2, 0.25) is 5.91 Å². The van der Waals surface area contributed by atoms with Crippen molar-refractivity contribution < 1.29 is 28.8 Å². The van der Waals surface area contributed by atoms with Gasteiger partial charge in [-0.15, -0.1) is 11.8 Å². The van der Waals surface area contributed by atoms with E-state index >= 15 is 0 Å². The van der Waals surface area contributed by atoms with E-state index in [9.17, 15) is 24.5 Å². The number of hydrogen-bond donors (Lipinski definition) is 0. The summed E-state index contributed by atoms with van der Waals surface area (Å²) >= 11 is 1.35. The fraction of sp³-hybridized carbons (Fsp3) is 0.389. The van der Waals surface area contributed by atoms with E-state index in [4.69, 9.17) is 9.47 Å². The van der Waals surface area contributed by atoms with Crippen LogP contribution in [0.5, 0.6) is 0 Å². The lowest BCUT2D eigenvalue weighted by Gasteiger charge is -2.38. The second kappa shape index (κ2) is 8.42. The van der Waals surface area contributed by atoms with Crippen molar-refractivity contribution in [1.29, 1.82) is 0 Å². The number of fused-ring (bicyclic) bond motifs is 1. The van der Waals surface area contributed by atoms with Crippen molar-refractivity contribution in [1.82, 2.24) is 4.90 Å². The molecule has 2 heterocycles. The molecule has 1 fully saturated rings. The van der Waals surface area contributed by atoms with Gasteiger partial charge in [0.15, 0.2) is 6.04 Å². The second-order valence-corrected chi connectivity index (χ2v) is 7.43. The predicted octanol–water partition coefficient (Wildman–Crippen LogP) is 1.80. The van der Waals surface area contributed by atoms with Crippen molar-refractivity contribution in [2.45, 2.75) is 32.0 Å². The molecular weight excluding hydrogens is 388 g/mol. The van der Waals surface area contributed by atoms with E-state index in [1.165, 1.54) is 47.9 Å². The Morgan fingerprint density at radius 1 is 1.29 bits per heavy atom. The van der Waals surface area contributed by atoms with Gasteiger partial charge in [0.05, 0.1) is 17.4 Å². The van der Waals surface area contributed by atoms with Crippen LogP contribution in [0.25, 0.3) is 0 Å². The molecule has 0 saturated carbocycles. The van der Waals surface area contributed by atoms with E-state index in [-0.39, 0.29) is 36.8 Å². The highest BCUT2D eigenvalue weighted by atomic mass is 32.2. The van der Waals surface area contributed by atoms with E-state index in [1.807, 2.05) is 6.08 Å². The van der Waals surface area contributed by atoms with Gasteiger partial charge in [-0.05, 0) is 23.8 Å². The summed E-state index contributed by atoms with van der Waals surface area (Å²) < 4.78 is 10.2. The minimum atomic E-state index is -0.799. The van der Waals surface area contributed by atoms with Crippen LogP contribution in [0.15, 0.2) is 35.2 Å². The third-order valence-corrected chi connectivity index (χ3v) is 5.41. The van der Waals surface area contributed by atoms with Crippen LogP contribution >= 0.6 is 11.8 Å². The number of non-ortho nitro benzene ring substituents is 1. The van der Waals surface area contributed by atoms with E-state index < -0.39 is 16.9 Å². The number of nitro groups is 1. The number of hydrogen-bond acceptors (Lipinski definition) is 8. The summed E-state index contributed by atoms with van der Waals surface area (Å²) in [7, 11) is 0. The number of β-lactam (4-membered cyclic amide) rings is 1. The molecule has 0 bridgehead atoms. The Morgan fingerprint density at radius 3 is 2.61 bits per heavy atom. The molecule has 148 valence electrons. The zero-order valence-electron chi connectivity index (χ0n) is 15.0. The van der Waals surface area contributed by atoms with Crippen LogP contribution in [-0.2, 0) is 30.5 Å². The Balaban J connectivity index is 1.59. The molecule has 9 nitrogen and oxygen atoms in total. The summed E-state index contributed by atoms with van der Waals surface area (Å²) in [5.41, 5.74) is 0.561. The number of carbonyl (C=O) groups is 3. The average molecular weight is 406 g/mol. The van der Waals surface area contributed by atoms with Crippen molar-refractivity contribution >= 4 is 35.3 Å². The Labute approximate surface area is 164 Å². The largest absolute Gasteiger partial charge is 0.465 e. The summed E-state index contributed by atoms with van der Waals surface area (Å²) in [5, 5.41) is 10.7. The molecule has 10 heteroatoms. The number of nitro benzene ring substituents is 1. The summed E-state index contributed by atoms with van der Waals surface area (Å²) in [6, 6.07) is 4.80. The minimum absolute atomic E-state index is 0.0470. The number of ether oxygens (including phenoxy) is 2. The molecule has 0 aliphatic carbocycles. The molecule has 0 spiro atoms. The highest BCUT2D eigenvalue weighted by molar-refractivity contribution is 8.03. The second-order valence-electron chi connectivity index (χ2n) is 6.26. The van der Waals surface area contributed by atoms with Crippen LogP contribution in [0.4, 0.5) is 5.69 Å². The Kier molecular flexibility index (Phi) is 5.98. The third-order valence-electron chi connectivity index (χ3n) is 4.34. The molecule has 1 amide bonds. The monoisotopic (exact) mass is 406 g/mol. The van der Waals surface area contributed by atoms with Crippen LogP contribution in [0.2, 0.25) is 0 Å².